The lowest BCUT2D eigenvalue weighted by Gasteiger charge is -2.28. The zero-order valence-corrected chi connectivity index (χ0v) is 21.8. The number of nitrogens with zero attached hydrogens (tertiary/aromatic N) is 2. The van der Waals surface area contributed by atoms with Gasteiger partial charge in [0.1, 0.15) is 24.2 Å². The van der Waals surface area contributed by atoms with Crippen molar-refractivity contribution in [3.05, 3.63) is 83.9 Å². The molecule has 1 aliphatic rings. The van der Waals surface area contributed by atoms with Crippen LogP contribution in [0.4, 0.5) is 10.5 Å². The molecule has 0 saturated heterocycles. The maximum Gasteiger partial charge on any atom is 0.409 e. The second-order valence-corrected chi connectivity index (χ2v) is 9.70. The van der Waals surface area contributed by atoms with E-state index in [1.165, 1.54) is 28.7 Å². The molecule has 1 N–H and O–H groups in total. The summed E-state index contributed by atoms with van der Waals surface area (Å²) in [6.45, 7) is 0.500. The van der Waals surface area contributed by atoms with Crippen LogP contribution < -0.4 is 14.4 Å². The Kier molecular flexibility index (Phi) is 8.58. The number of aliphatic hydroxyl groups excluding tert-OH is 1. The monoisotopic (exact) mass is 522 g/mol. The van der Waals surface area contributed by atoms with Crippen LogP contribution in [0.15, 0.2) is 77.7 Å². The van der Waals surface area contributed by atoms with Crippen molar-refractivity contribution in [3.63, 3.8) is 0 Å². The highest BCUT2D eigenvalue weighted by molar-refractivity contribution is 7.99. The predicted octanol–water partition coefficient (Wildman–Crippen LogP) is 4.51. The Labute approximate surface area is 220 Å². The number of fused-ring (bicyclic) bond motifs is 1. The lowest BCUT2D eigenvalue weighted by atomic mass is 10.1. The number of benzene rings is 3. The van der Waals surface area contributed by atoms with E-state index in [0.717, 1.165) is 16.0 Å². The number of hydrogen-bond acceptors (Lipinski definition) is 7. The molecule has 2 amide bonds. The van der Waals surface area contributed by atoms with Crippen molar-refractivity contribution in [3.8, 4) is 11.5 Å². The van der Waals surface area contributed by atoms with Crippen molar-refractivity contribution in [2.75, 3.05) is 39.3 Å². The zero-order valence-electron chi connectivity index (χ0n) is 21.0. The standard InChI is InChI=1S/C28H30N2O6S/c1-29(28(33)36-18-19-8-5-4-6-9-19)16-17-30-24-22(35-3)10-7-11-23(24)37-26(25(31)27(30)32)20-12-14-21(34-2)15-13-20/h4-15,25-26,31H,16-18H2,1-3H3/t25-,26+/m0/s1. The molecule has 37 heavy (non-hydrogen) atoms. The number of amides is 2. The molecule has 8 nitrogen and oxygen atoms in total. The Morgan fingerprint density at radius 2 is 1.73 bits per heavy atom. The van der Waals surface area contributed by atoms with E-state index in [2.05, 4.69) is 0 Å². The number of rotatable bonds is 8. The topological polar surface area (TPSA) is 88.5 Å². The number of carbonyl (C=O) groups is 2. The molecule has 0 aromatic heterocycles. The molecule has 3 aromatic rings. The van der Waals surface area contributed by atoms with Crippen molar-refractivity contribution in [2.24, 2.45) is 0 Å². The van der Waals surface area contributed by atoms with Crippen LogP contribution in [0.2, 0.25) is 0 Å². The maximum atomic E-state index is 13.6. The van der Waals surface area contributed by atoms with Gasteiger partial charge in [0.2, 0.25) is 0 Å². The summed E-state index contributed by atoms with van der Waals surface area (Å²) < 4.78 is 16.2. The van der Waals surface area contributed by atoms with Gasteiger partial charge in [-0.15, -0.1) is 11.8 Å². The number of likely N-dealkylation sites (N-methyl/N-ethyl adjacent to an activating group) is 1. The number of para-hydroxylation sites is 1. The number of carbonyl (C=O) groups excluding carboxylic acids is 2. The molecular formula is C28H30N2O6S. The summed E-state index contributed by atoms with van der Waals surface area (Å²) in [4.78, 5) is 29.9. The Hall–Kier alpha value is -3.69. The fourth-order valence-corrected chi connectivity index (χ4v) is 5.36. The smallest absolute Gasteiger partial charge is 0.409 e. The van der Waals surface area contributed by atoms with Crippen LogP contribution in [-0.2, 0) is 16.1 Å². The van der Waals surface area contributed by atoms with Crippen LogP contribution in [0.1, 0.15) is 16.4 Å². The van der Waals surface area contributed by atoms with Gasteiger partial charge >= 0.3 is 6.09 Å². The molecule has 9 heteroatoms. The van der Waals surface area contributed by atoms with Gasteiger partial charge < -0.3 is 29.1 Å². The summed E-state index contributed by atoms with van der Waals surface area (Å²) in [7, 11) is 4.74. The van der Waals surface area contributed by atoms with E-state index in [9.17, 15) is 14.7 Å². The Morgan fingerprint density at radius 3 is 2.41 bits per heavy atom. The lowest BCUT2D eigenvalue weighted by molar-refractivity contribution is -0.126. The summed E-state index contributed by atoms with van der Waals surface area (Å²) in [5.41, 5.74) is 2.25. The van der Waals surface area contributed by atoms with E-state index in [-0.39, 0.29) is 19.7 Å². The Balaban J connectivity index is 1.54. The van der Waals surface area contributed by atoms with Gasteiger partial charge in [0, 0.05) is 25.0 Å². The van der Waals surface area contributed by atoms with Crippen LogP contribution in [0, 0.1) is 0 Å². The van der Waals surface area contributed by atoms with Gasteiger partial charge in [0.25, 0.3) is 5.91 Å². The minimum absolute atomic E-state index is 0.149. The van der Waals surface area contributed by atoms with Crippen LogP contribution in [0.3, 0.4) is 0 Å². The minimum atomic E-state index is -1.31. The van der Waals surface area contributed by atoms with Gasteiger partial charge in [-0.25, -0.2) is 4.79 Å². The van der Waals surface area contributed by atoms with Gasteiger partial charge in [-0.3, -0.25) is 4.79 Å². The van der Waals surface area contributed by atoms with Crippen molar-refractivity contribution < 1.29 is 28.9 Å². The molecule has 3 aromatic carbocycles. The number of methoxy groups -OCH3 is 2. The third-order valence-electron chi connectivity index (χ3n) is 6.13. The van der Waals surface area contributed by atoms with E-state index < -0.39 is 23.4 Å². The van der Waals surface area contributed by atoms with Crippen molar-refractivity contribution in [1.82, 2.24) is 4.90 Å². The highest BCUT2D eigenvalue weighted by Gasteiger charge is 2.38. The van der Waals surface area contributed by atoms with E-state index in [4.69, 9.17) is 14.2 Å². The third-order valence-corrected chi connectivity index (χ3v) is 7.50. The first-order valence-electron chi connectivity index (χ1n) is 11.8. The molecule has 0 unspecified atom stereocenters. The number of anilines is 1. The first-order valence-corrected chi connectivity index (χ1v) is 12.7. The fourth-order valence-electron chi connectivity index (χ4n) is 4.07. The van der Waals surface area contributed by atoms with Gasteiger partial charge in [0.05, 0.1) is 25.2 Å². The second kappa shape index (κ2) is 12.0. The molecule has 0 spiro atoms. The first-order chi connectivity index (χ1) is 17.9. The molecule has 0 aliphatic carbocycles. The number of hydrogen-bond donors (Lipinski definition) is 1. The van der Waals surface area contributed by atoms with Gasteiger partial charge in [-0.05, 0) is 35.4 Å². The Bertz CT molecular complexity index is 1220. The predicted molar refractivity (Wildman–Crippen MR) is 142 cm³/mol. The molecular weight excluding hydrogens is 492 g/mol. The molecule has 0 fully saturated rings. The quantitative estimate of drug-likeness (QED) is 0.466. The molecule has 0 bridgehead atoms. The van der Waals surface area contributed by atoms with Crippen LogP contribution in [0.5, 0.6) is 11.5 Å². The summed E-state index contributed by atoms with van der Waals surface area (Å²) in [5.74, 6) is 0.729. The van der Waals surface area contributed by atoms with Crippen LogP contribution in [-0.4, -0.2) is 62.5 Å². The normalized spacial score (nSPS) is 17.0. The molecule has 4 rings (SSSR count). The SMILES string of the molecule is COc1ccc([C@H]2Sc3cccc(OC)c3N(CCN(C)C(=O)OCc3ccccc3)C(=O)[C@H]2O)cc1. The van der Waals surface area contributed by atoms with E-state index in [1.807, 2.05) is 54.6 Å². The lowest BCUT2D eigenvalue weighted by Crippen LogP contribution is -2.44. The van der Waals surface area contributed by atoms with E-state index in [0.29, 0.717) is 17.2 Å². The summed E-state index contributed by atoms with van der Waals surface area (Å²) in [5, 5.41) is 10.7. The number of ether oxygens (including phenoxy) is 3. The Morgan fingerprint density at radius 1 is 1.00 bits per heavy atom. The molecule has 194 valence electrons. The maximum absolute atomic E-state index is 13.6. The zero-order chi connectivity index (χ0) is 26.4. The van der Waals surface area contributed by atoms with E-state index in [1.54, 1.807) is 32.4 Å². The molecule has 0 radical (unpaired) electrons. The van der Waals surface area contributed by atoms with Gasteiger partial charge in [-0.2, -0.15) is 0 Å². The molecule has 1 aliphatic heterocycles. The third kappa shape index (κ3) is 6.00. The van der Waals surface area contributed by atoms with Gasteiger partial charge in [-0.1, -0.05) is 48.5 Å². The summed E-state index contributed by atoms with van der Waals surface area (Å²) in [6.07, 6.45) is -1.82. The average Bonchev–Trinajstić information content (AvgIpc) is 3.05. The first kappa shape index (κ1) is 26.4. The van der Waals surface area contributed by atoms with Crippen LogP contribution in [0.25, 0.3) is 0 Å². The summed E-state index contributed by atoms with van der Waals surface area (Å²) >= 11 is 1.40. The van der Waals surface area contributed by atoms with Crippen molar-refractivity contribution in [1.29, 1.82) is 0 Å². The molecule has 0 saturated carbocycles. The second-order valence-electron chi connectivity index (χ2n) is 8.52. The highest BCUT2D eigenvalue weighted by Crippen LogP contribution is 2.49. The van der Waals surface area contributed by atoms with Crippen molar-refractivity contribution in [2.45, 2.75) is 22.9 Å². The highest BCUT2D eigenvalue weighted by atomic mass is 32.2. The molecule has 1 heterocycles. The van der Waals surface area contributed by atoms with Crippen molar-refractivity contribution >= 4 is 29.4 Å². The fraction of sp³-hybridized carbons (Fsp3) is 0.286. The number of aliphatic hydroxyl groups is 1. The van der Waals surface area contributed by atoms with E-state index >= 15 is 0 Å². The minimum Gasteiger partial charge on any atom is -0.497 e. The average molecular weight is 523 g/mol. The largest absolute Gasteiger partial charge is 0.497 e. The number of thioether (sulfide) groups is 1. The molecule has 2 atom stereocenters. The van der Waals surface area contributed by atoms with Crippen LogP contribution >= 0.6 is 11.8 Å². The van der Waals surface area contributed by atoms with Gasteiger partial charge in [0.15, 0.2) is 0 Å². The summed E-state index contributed by atoms with van der Waals surface area (Å²) in [6, 6.07) is 22.2.